The molecular weight excluding hydrogens is 280 g/mol. The first kappa shape index (κ1) is 15.9. The highest BCUT2D eigenvalue weighted by atomic mass is 16.5. The summed E-state index contributed by atoms with van der Waals surface area (Å²) in [5, 5.41) is 0. The standard InChI is InChI=1S/C22H26O/c1-3-22(12-9-17(2)19-7-5-4-6-8-19)23-14-13-21-16-18-10-11-20(21)15-18/h3-12,18,20-21H,2,13-16H2,1H3/b12-9-,22-3+. The number of hydrogen-bond acceptors (Lipinski definition) is 1. The number of rotatable bonds is 7. The third-order valence-corrected chi connectivity index (χ3v) is 5.05. The van der Waals surface area contributed by atoms with E-state index in [0.717, 1.165) is 47.7 Å². The monoisotopic (exact) mass is 306 g/mol. The maximum Gasteiger partial charge on any atom is 0.115 e. The Morgan fingerprint density at radius 3 is 2.65 bits per heavy atom. The molecule has 3 atom stereocenters. The predicted octanol–water partition coefficient (Wildman–Crippen LogP) is 5.78. The van der Waals surface area contributed by atoms with Crippen molar-refractivity contribution in [1.29, 1.82) is 0 Å². The van der Waals surface area contributed by atoms with Crippen LogP contribution in [0.4, 0.5) is 0 Å². The van der Waals surface area contributed by atoms with E-state index in [1.54, 1.807) is 0 Å². The van der Waals surface area contributed by atoms with Crippen molar-refractivity contribution >= 4 is 5.57 Å². The van der Waals surface area contributed by atoms with Crippen molar-refractivity contribution in [3.05, 3.63) is 78.6 Å². The minimum absolute atomic E-state index is 0.809. The van der Waals surface area contributed by atoms with Gasteiger partial charge in [-0.2, -0.15) is 0 Å². The highest BCUT2D eigenvalue weighted by molar-refractivity contribution is 5.72. The first-order chi connectivity index (χ1) is 11.3. The Morgan fingerprint density at radius 2 is 2.00 bits per heavy atom. The topological polar surface area (TPSA) is 9.23 Å². The fourth-order valence-corrected chi connectivity index (χ4v) is 3.71. The zero-order valence-electron chi connectivity index (χ0n) is 13.9. The van der Waals surface area contributed by atoms with Gasteiger partial charge in [0.05, 0.1) is 6.61 Å². The van der Waals surface area contributed by atoms with Crippen LogP contribution in [0.3, 0.4) is 0 Å². The van der Waals surface area contributed by atoms with E-state index in [9.17, 15) is 0 Å². The van der Waals surface area contributed by atoms with Crippen LogP contribution < -0.4 is 0 Å². The van der Waals surface area contributed by atoms with Crippen LogP contribution in [0.2, 0.25) is 0 Å². The van der Waals surface area contributed by atoms with E-state index in [1.165, 1.54) is 12.8 Å². The first-order valence-corrected chi connectivity index (χ1v) is 8.66. The molecule has 0 aromatic heterocycles. The van der Waals surface area contributed by atoms with Crippen LogP contribution in [0.1, 0.15) is 31.7 Å². The van der Waals surface area contributed by atoms with E-state index in [-0.39, 0.29) is 0 Å². The van der Waals surface area contributed by atoms with Gasteiger partial charge in [0.2, 0.25) is 0 Å². The predicted molar refractivity (Wildman–Crippen MR) is 97.8 cm³/mol. The molecule has 120 valence electrons. The Balaban J connectivity index is 1.46. The summed E-state index contributed by atoms with van der Waals surface area (Å²) in [5.41, 5.74) is 2.15. The fraction of sp³-hybridized carbons (Fsp3) is 0.364. The van der Waals surface area contributed by atoms with Crippen molar-refractivity contribution in [3.8, 4) is 0 Å². The van der Waals surface area contributed by atoms with Gasteiger partial charge in [-0.15, -0.1) is 0 Å². The van der Waals surface area contributed by atoms with Crippen molar-refractivity contribution < 1.29 is 4.74 Å². The number of fused-ring (bicyclic) bond motifs is 2. The molecule has 23 heavy (non-hydrogen) atoms. The lowest BCUT2D eigenvalue weighted by molar-refractivity contribution is 0.192. The molecule has 0 aliphatic heterocycles. The summed E-state index contributed by atoms with van der Waals surface area (Å²) < 4.78 is 5.96. The Bertz CT molecular complexity index is 621. The van der Waals surface area contributed by atoms with Crippen LogP contribution in [0, 0.1) is 17.8 Å². The average molecular weight is 306 g/mol. The van der Waals surface area contributed by atoms with Crippen molar-refractivity contribution in [3.63, 3.8) is 0 Å². The van der Waals surface area contributed by atoms with E-state index < -0.39 is 0 Å². The van der Waals surface area contributed by atoms with Gasteiger partial charge in [-0.3, -0.25) is 0 Å². The SMILES string of the molecule is C=C(/C=C\C(=C/C)OCCC1CC2C=CC1C2)c1ccccc1. The summed E-state index contributed by atoms with van der Waals surface area (Å²) in [4.78, 5) is 0. The van der Waals surface area contributed by atoms with Crippen molar-refractivity contribution in [1.82, 2.24) is 0 Å². The Kier molecular flexibility index (Phi) is 5.17. The zero-order valence-corrected chi connectivity index (χ0v) is 13.9. The molecule has 2 bridgehead atoms. The molecule has 0 saturated heterocycles. The molecule has 1 saturated carbocycles. The van der Waals surface area contributed by atoms with Gasteiger partial charge >= 0.3 is 0 Å². The maximum atomic E-state index is 5.96. The molecule has 1 heteroatoms. The van der Waals surface area contributed by atoms with Crippen LogP contribution in [0.5, 0.6) is 0 Å². The molecule has 2 aliphatic rings. The van der Waals surface area contributed by atoms with Gasteiger partial charge in [0, 0.05) is 0 Å². The van der Waals surface area contributed by atoms with Gasteiger partial charge in [-0.1, -0.05) is 55.1 Å². The molecule has 1 aromatic rings. The molecule has 1 nitrogen and oxygen atoms in total. The maximum absolute atomic E-state index is 5.96. The van der Waals surface area contributed by atoms with Crippen LogP contribution in [-0.2, 0) is 4.74 Å². The second-order valence-electron chi connectivity index (χ2n) is 6.59. The third-order valence-electron chi connectivity index (χ3n) is 5.05. The van der Waals surface area contributed by atoms with Crippen molar-refractivity contribution in [2.24, 2.45) is 17.8 Å². The van der Waals surface area contributed by atoms with Gasteiger partial charge in [-0.25, -0.2) is 0 Å². The molecule has 0 heterocycles. The second-order valence-corrected chi connectivity index (χ2v) is 6.59. The molecule has 0 spiro atoms. The minimum Gasteiger partial charge on any atom is -0.494 e. The highest BCUT2D eigenvalue weighted by Gasteiger charge is 2.35. The summed E-state index contributed by atoms with van der Waals surface area (Å²) in [6.45, 7) is 6.95. The number of ether oxygens (including phenoxy) is 1. The fourth-order valence-electron chi connectivity index (χ4n) is 3.71. The molecule has 3 unspecified atom stereocenters. The Morgan fingerprint density at radius 1 is 1.17 bits per heavy atom. The lowest BCUT2D eigenvalue weighted by Crippen LogP contribution is -2.10. The zero-order chi connectivity index (χ0) is 16.1. The molecule has 1 fully saturated rings. The van der Waals surface area contributed by atoms with Gasteiger partial charge in [0.25, 0.3) is 0 Å². The average Bonchev–Trinajstić information content (AvgIpc) is 3.21. The second kappa shape index (κ2) is 7.50. The van der Waals surface area contributed by atoms with Gasteiger partial charge in [-0.05, 0) is 67.2 Å². The van der Waals surface area contributed by atoms with Gasteiger partial charge in [0.1, 0.15) is 5.76 Å². The van der Waals surface area contributed by atoms with E-state index in [0.29, 0.717) is 0 Å². The molecule has 1 aromatic carbocycles. The first-order valence-electron chi connectivity index (χ1n) is 8.66. The number of benzene rings is 1. The Hall–Kier alpha value is -2.02. The number of allylic oxidation sites excluding steroid dienone is 6. The third kappa shape index (κ3) is 4.04. The summed E-state index contributed by atoms with van der Waals surface area (Å²) in [6, 6.07) is 10.2. The molecule has 0 N–H and O–H groups in total. The van der Waals surface area contributed by atoms with Crippen molar-refractivity contribution in [2.45, 2.75) is 26.2 Å². The smallest absolute Gasteiger partial charge is 0.115 e. The van der Waals surface area contributed by atoms with Crippen LogP contribution in [0.25, 0.3) is 5.57 Å². The summed E-state index contributed by atoms with van der Waals surface area (Å²) in [7, 11) is 0. The number of hydrogen-bond donors (Lipinski definition) is 0. The summed E-state index contributed by atoms with van der Waals surface area (Å²) >= 11 is 0. The van der Waals surface area contributed by atoms with Crippen LogP contribution in [-0.4, -0.2) is 6.61 Å². The molecule has 3 rings (SSSR count). The largest absolute Gasteiger partial charge is 0.494 e. The van der Waals surface area contributed by atoms with Crippen LogP contribution >= 0.6 is 0 Å². The van der Waals surface area contributed by atoms with Gasteiger partial charge in [0.15, 0.2) is 0 Å². The molecule has 2 aliphatic carbocycles. The lowest BCUT2D eigenvalue weighted by atomic mass is 9.91. The molecule has 0 radical (unpaired) electrons. The van der Waals surface area contributed by atoms with Crippen molar-refractivity contribution in [2.75, 3.05) is 6.61 Å². The van der Waals surface area contributed by atoms with E-state index >= 15 is 0 Å². The normalized spacial score (nSPS) is 26.1. The lowest BCUT2D eigenvalue weighted by Gasteiger charge is -2.18. The van der Waals surface area contributed by atoms with E-state index in [4.69, 9.17) is 4.74 Å². The Labute approximate surface area is 140 Å². The molecular formula is C22H26O. The summed E-state index contributed by atoms with van der Waals surface area (Å²) in [6.07, 6.45) is 14.8. The minimum atomic E-state index is 0.809. The quantitative estimate of drug-likeness (QED) is 0.352. The molecule has 0 amide bonds. The highest BCUT2D eigenvalue weighted by Crippen LogP contribution is 2.44. The van der Waals surface area contributed by atoms with E-state index in [1.807, 2.05) is 43.4 Å². The van der Waals surface area contributed by atoms with E-state index in [2.05, 4.69) is 30.9 Å². The van der Waals surface area contributed by atoms with Gasteiger partial charge < -0.3 is 4.74 Å². The summed E-state index contributed by atoms with van der Waals surface area (Å²) in [5.74, 6) is 3.42. The van der Waals surface area contributed by atoms with Crippen LogP contribution in [0.15, 0.2) is 73.1 Å².